The molecule has 1 N–H and O–H groups in total. The molecule has 3 nitrogen and oxygen atoms in total. The molecular formula is C8H7I2NO2. The molecule has 0 aliphatic rings. The molecule has 1 aromatic rings. The van der Waals surface area contributed by atoms with Crippen LogP contribution in [0.3, 0.4) is 0 Å². The van der Waals surface area contributed by atoms with E-state index in [-0.39, 0.29) is 0 Å². The molecule has 0 saturated heterocycles. The van der Waals surface area contributed by atoms with Crippen molar-refractivity contribution < 1.29 is 9.53 Å². The molecule has 1 amide bonds. The van der Waals surface area contributed by atoms with Crippen LogP contribution in [-0.2, 0) is 4.74 Å². The predicted octanol–water partition coefficient (Wildman–Crippen LogP) is 3.07. The van der Waals surface area contributed by atoms with Crippen molar-refractivity contribution in [3.8, 4) is 0 Å². The number of nitrogens with one attached hydrogen (secondary N) is 1. The lowest BCUT2D eigenvalue weighted by Crippen LogP contribution is -2.11. The topological polar surface area (TPSA) is 38.3 Å². The number of halogens is 2. The molecule has 1 aromatic carbocycles. The Kier molecular flexibility index (Phi) is 4.23. The van der Waals surface area contributed by atoms with Gasteiger partial charge in [-0.1, -0.05) is 0 Å². The van der Waals surface area contributed by atoms with E-state index in [0.29, 0.717) is 0 Å². The van der Waals surface area contributed by atoms with Crippen LogP contribution in [0, 0.1) is 7.14 Å². The van der Waals surface area contributed by atoms with Crippen molar-refractivity contribution >= 4 is 57.0 Å². The maximum absolute atomic E-state index is 10.9. The van der Waals surface area contributed by atoms with Crippen molar-refractivity contribution in [2.75, 3.05) is 12.4 Å². The summed E-state index contributed by atoms with van der Waals surface area (Å²) in [7, 11) is 1.34. The third-order valence-electron chi connectivity index (χ3n) is 1.29. The first-order chi connectivity index (χ1) is 6.11. The SMILES string of the molecule is COC(=O)Nc1cc(I)cc(I)c1. The van der Waals surface area contributed by atoms with Crippen molar-refractivity contribution in [1.82, 2.24) is 0 Å². The van der Waals surface area contributed by atoms with Gasteiger partial charge in [-0.05, 0) is 63.4 Å². The Balaban J connectivity index is 2.83. The van der Waals surface area contributed by atoms with Gasteiger partial charge in [-0.3, -0.25) is 5.32 Å². The minimum atomic E-state index is -0.446. The standard InChI is InChI=1S/C8H7I2NO2/c1-13-8(12)11-7-3-5(9)2-6(10)4-7/h2-4H,1H3,(H,11,12). The number of ether oxygens (including phenoxy) is 1. The van der Waals surface area contributed by atoms with Gasteiger partial charge in [-0.2, -0.15) is 0 Å². The summed E-state index contributed by atoms with van der Waals surface area (Å²) in [5.74, 6) is 0. The summed E-state index contributed by atoms with van der Waals surface area (Å²) in [5, 5.41) is 2.60. The zero-order valence-corrected chi connectivity index (χ0v) is 11.1. The van der Waals surface area contributed by atoms with E-state index in [2.05, 4.69) is 55.2 Å². The Morgan fingerprint density at radius 3 is 2.31 bits per heavy atom. The second-order valence-electron chi connectivity index (χ2n) is 2.27. The van der Waals surface area contributed by atoms with Crippen LogP contribution in [0.4, 0.5) is 10.5 Å². The molecule has 13 heavy (non-hydrogen) atoms. The minimum Gasteiger partial charge on any atom is -0.453 e. The monoisotopic (exact) mass is 403 g/mol. The number of carbonyl (C=O) groups excluding carboxylic acids is 1. The normalized spacial score (nSPS) is 9.46. The fraction of sp³-hybridized carbons (Fsp3) is 0.125. The van der Waals surface area contributed by atoms with Crippen molar-refractivity contribution in [1.29, 1.82) is 0 Å². The van der Waals surface area contributed by atoms with Crippen LogP contribution in [0.2, 0.25) is 0 Å². The van der Waals surface area contributed by atoms with Crippen molar-refractivity contribution in [3.63, 3.8) is 0 Å². The Hall–Kier alpha value is -0.0500. The number of amides is 1. The van der Waals surface area contributed by atoms with Crippen molar-refractivity contribution in [3.05, 3.63) is 25.3 Å². The molecule has 1 rings (SSSR count). The van der Waals surface area contributed by atoms with E-state index in [1.54, 1.807) is 0 Å². The molecule has 0 unspecified atom stereocenters. The Morgan fingerprint density at radius 1 is 1.31 bits per heavy atom. The minimum absolute atomic E-state index is 0.446. The molecule has 0 radical (unpaired) electrons. The highest BCUT2D eigenvalue weighted by atomic mass is 127. The fourth-order valence-electron chi connectivity index (χ4n) is 0.795. The lowest BCUT2D eigenvalue weighted by atomic mass is 10.3. The van der Waals surface area contributed by atoms with Crippen molar-refractivity contribution in [2.24, 2.45) is 0 Å². The molecule has 0 aromatic heterocycles. The maximum atomic E-state index is 10.9. The number of hydrogen-bond acceptors (Lipinski definition) is 2. The summed E-state index contributed by atoms with van der Waals surface area (Å²) in [6.07, 6.45) is -0.446. The molecule has 70 valence electrons. The molecule has 5 heteroatoms. The quantitative estimate of drug-likeness (QED) is 0.733. The van der Waals surface area contributed by atoms with E-state index >= 15 is 0 Å². The second kappa shape index (κ2) is 4.99. The van der Waals surface area contributed by atoms with Crippen LogP contribution in [0.25, 0.3) is 0 Å². The number of rotatable bonds is 1. The van der Waals surface area contributed by atoms with Crippen LogP contribution in [0.5, 0.6) is 0 Å². The van der Waals surface area contributed by atoms with Crippen LogP contribution in [0.15, 0.2) is 18.2 Å². The van der Waals surface area contributed by atoms with E-state index in [1.165, 1.54) is 7.11 Å². The number of methoxy groups -OCH3 is 1. The molecule has 0 fully saturated rings. The van der Waals surface area contributed by atoms with Crippen molar-refractivity contribution in [2.45, 2.75) is 0 Å². The van der Waals surface area contributed by atoms with Gasteiger partial charge >= 0.3 is 6.09 Å². The summed E-state index contributed by atoms with van der Waals surface area (Å²) in [5.41, 5.74) is 0.753. The van der Waals surface area contributed by atoms with E-state index in [0.717, 1.165) is 12.8 Å². The van der Waals surface area contributed by atoms with Gasteiger partial charge in [0.2, 0.25) is 0 Å². The van der Waals surface area contributed by atoms with Crippen LogP contribution >= 0.6 is 45.2 Å². The van der Waals surface area contributed by atoms with Gasteiger partial charge in [-0.25, -0.2) is 4.79 Å². The average Bonchev–Trinajstić information content (AvgIpc) is 2.02. The molecule has 0 spiro atoms. The summed E-state index contributed by atoms with van der Waals surface area (Å²) >= 11 is 4.39. The number of carbonyl (C=O) groups is 1. The Morgan fingerprint density at radius 2 is 1.85 bits per heavy atom. The van der Waals surface area contributed by atoms with E-state index in [1.807, 2.05) is 18.2 Å². The molecule has 0 bridgehead atoms. The van der Waals surface area contributed by atoms with Crippen LogP contribution < -0.4 is 5.32 Å². The molecule has 0 aliphatic carbocycles. The number of anilines is 1. The first kappa shape index (κ1) is 11.0. The lowest BCUT2D eigenvalue weighted by Gasteiger charge is -2.04. The number of hydrogen-bond donors (Lipinski definition) is 1. The van der Waals surface area contributed by atoms with Gasteiger partial charge in [-0.15, -0.1) is 0 Å². The third-order valence-corrected chi connectivity index (χ3v) is 2.54. The average molecular weight is 403 g/mol. The van der Waals surface area contributed by atoms with Crippen LogP contribution in [-0.4, -0.2) is 13.2 Å². The van der Waals surface area contributed by atoms with Gasteiger partial charge in [0.05, 0.1) is 7.11 Å². The summed E-state index contributed by atoms with van der Waals surface area (Å²) in [6, 6.07) is 5.77. The van der Waals surface area contributed by atoms with Gasteiger partial charge in [0.25, 0.3) is 0 Å². The molecule has 0 aliphatic heterocycles. The predicted molar refractivity (Wildman–Crippen MR) is 67.9 cm³/mol. The second-order valence-corrected chi connectivity index (χ2v) is 4.77. The zero-order chi connectivity index (χ0) is 9.84. The van der Waals surface area contributed by atoms with E-state index in [4.69, 9.17) is 0 Å². The summed E-state index contributed by atoms with van der Waals surface area (Å²) in [4.78, 5) is 10.9. The molecule has 0 heterocycles. The van der Waals surface area contributed by atoms with E-state index < -0.39 is 6.09 Å². The number of benzene rings is 1. The van der Waals surface area contributed by atoms with Gasteiger partial charge in [0.1, 0.15) is 0 Å². The maximum Gasteiger partial charge on any atom is 0.411 e. The molecule has 0 saturated carbocycles. The Labute approximate surface area is 104 Å². The first-order valence-corrected chi connectivity index (χ1v) is 5.58. The zero-order valence-electron chi connectivity index (χ0n) is 6.80. The largest absolute Gasteiger partial charge is 0.453 e. The van der Waals surface area contributed by atoms with Crippen LogP contribution in [0.1, 0.15) is 0 Å². The summed E-state index contributed by atoms with van der Waals surface area (Å²) in [6.45, 7) is 0. The highest BCUT2D eigenvalue weighted by Crippen LogP contribution is 2.18. The third kappa shape index (κ3) is 3.67. The molecular weight excluding hydrogens is 396 g/mol. The first-order valence-electron chi connectivity index (χ1n) is 3.43. The van der Waals surface area contributed by atoms with E-state index in [9.17, 15) is 4.79 Å². The fourth-order valence-corrected chi connectivity index (χ4v) is 2.73. The smallest absolute Gasteiger partial charge is 0.411 e. The highest BCUT2D eigenvalue weighted by Gasteiger charge is 2.01. The highest BCUT2D eigenvalue weighted by molar-refractivity contribution is 14.1. The Bertz CT molecular complexity index is 308. The summed E-state index contributed by atoms with van der Waals surface area (Å²) < 4.78 is 6.64. The van der Waals surface area contributed by atoms with Gasteiger partial charge in [0, 0.05) is 12.8 Å². The lowest BCUT2D eigenvalue weighted by molar-refractivity contribution is 0.187. The molecule has 0 atom stereocenters. The van der Waals surface area contributed by atoms with Gasteiger partial charge < -0.3 is 4.74 Å². The van der Waals surface area contributed by atoms with Gasteiger partial charge in [0.15, 0.2) is 0 Å².